The number of hydrogen-bond acceptors (Lipinski definition) is 4. The van der Waals surface area contributed by atoms with Gasteiger partial charge < -0.3 is 5.11 Å². The minimum atomic E-state index is -0.554. The van der Waals surface area contributed by atoms with Crippen LogP contribution in [0.4, 0.5) is 5.69 Å². The first-order chi connectivity index (χ1) is 16.0. The molecule has 0 aliphatic carbocycles. The Labute approximate surface area is 190 Å². The standard InChI is InChI=1S/C26H20N4O3/c1-17-13-15-28(16-14-17)23-22(24(31)29(26(23)33)19-9-5-3-6-10-19)21-18(2)27-30(25(21)32)20-11-7-4-8-12-20/h3-16H,1-2H3. The van der Waals surface area contributed by atoms with Crippen LogP contribution >= 0.6 is 0 Å². The number of para-hydroxylation sites is 2. The van der Waals surface area contributed by atoms with Crippen molar-refractivity contribution in [3.05, 3.63) is 102 Å². The van der Waals surface area contributed by atoms with E-state index in [1.807, 2.05) is 31.2 Å². The first-order valence-electron chi connectivity index (χ1n) is 10.5. The molecule has 2 aromatic carbocycles. The molecular formula is C26H20N4O3. The van der Waals surface area contributed by atoms with E-state index < -0.39 is 17.7 Å². The fourth-order valence-corrected chi connectivity index (χ4v) is 3.98. The Morgan fingerprint density at radius 2 is 1.36 bits per heavy atom. The summed E-state index contributed by atoms with van der Waals surface area (Å²) in [7, 11) is 0. The molecule has 2 aromatic heterocycles. The van der Waals surface area contributed by atoms with Crippen molar-refractivity contribution >= 4 is 28.8 Å². The van der Waals surface area contributed by atoms with Crippen LogP contribution in [0.25, 0.3) is 17.0 Å². The van der Waals surface area contributed by atoms with Crippen molar-refractivity contribution in [2.24, 2.45) is 0 Å². The molecular weight excluding hydrogens is 416 g/mol. The lowest BCUT2D eigenvalue weighted by atomic mass is 10.0. The van der Waals surface area contributed by atoms with Crippen LogP contribution in [-0.2, 0) is 9.59 Å². The molecule has 0 spiro atoms. The second kappa shape index (κ2) is 7.87. The van der Waals surface area contributed by atoms with E-state index in [4.69, 9.17) is 0 Å². The van der Waals surface area contributed by atoms with Crippen LogP contribution in [-0.4, -0.2) is 21.6 Å². The molecule has 0 atom stereocenters. The number of anilines is 1. The van der Waals surface area contributed by atoms with Crippen LogP contribution < -0.4 is 14.6 Å². The molecule has 7 nitrogen and oxygen atoms in total. The molecule has 7 heteroatoms. The summed E-state index contributed by atoms with van der Waals surface area (Å²) < 4.78 is 2.85. The molecule has 0 bridgehead atoms. The van der Waals surface area contributed by atoms with Gasteiger partial charge in [-0.05, 0) is 49.6 Å². The number of benzene rings is 2. The molecule has 0 saturated heterocycles. The lowest BCUT2D eigenvalue weighted by Crippen LogP contribution is -2.39. The number of rotatable bonds is 4. The summed E-state index contributed by atoms with van der Waals surface area (Å²) in [5.74, 6) is -1.50. The highest BCUT2D eigenvalue weighted by atomic mass is 16.3. The Morgan fingerprint density at radius 3 is 1.97 bits per heavy atom. The Hall–Kier alpha value is -4.52. The summed E-state index contributed by atoms with van der Waals surface area (Å²) in [6.45, 7) is 3.60. The molecule has 33 heavy (non-hydrogen) atoms. The van der Waals surface area contributed by atoms with E-state index in [0.717, 1.165) is 10.5 Å². The molecule has 0 fully saturated rings. The second-order valence-electron chi connectivity index (χ2n) is 7.80. The fraction of sp³-hybridized carbons (Fsp3) is 0.0769. The third kappa shape index (κ3) is 3.30. The van der Waals surface area contributed by atoms with E-state index in [1.165, 1.54) is 4.68 Å². The SMILES string of the molecule is Cc1cc[n+](C2=C(c3c(C)nn(-c4ccccc4)c3[O-])C(=O)N(c3ccccc3)C2=O)cc1. The van der Waals surface area contributed by atoms with E-state index in [-0.39, 0.29) is 16.8 Å². The van der Waals surface area contributed by atoms with Crippen molar-refractivity contribution in [2.75, 3.05) is 4.90 Å². The quantitative estimate of drug-likeness (QED) is 0.364. The van der Waals surface area contributed by atoms with Crippen molar-refractivity contribution in [3.8, 4) is 11.6 Å². The van der Waals surface area contributed by atoms with Crippen LogP contribution in [0.1, 0.15) is 16.8 Å². The molecule has 5 rings (SSSR count). The maximum Gasteiger partial charge on any atom is 0.331 e. The zero-order valence-electron chi connectivity index (χ0n) is 18.1. The summed E-state index contributed by atoms with van der Waals surface area (Å²) in [6, 6.07) is 21.4. The van der Waals surface area contributed by atoms with Crippen LogP contribution in [0.15, 0.2) is 85.2 Å². The van der Waals surface area contributed by atoms with Crippen LogP contribution in [0.2, 0.25) is 0 Å². The van der Waals surface area contributed by atoms with E-state index in [0.29, 0.717) is 17.1 Å². The molecule has 0 unspecified atom stereocenters. The minimum absolute atomic E-state index is 0.0439. The van der Waals surface area contributed by atoms with Gasteiger partial charge in [0.2, 0.25) is 0 Å². The average molecular weight is 436 g/mol. The van der Waals surface area contributed by atoms with Gasteiger partial charge in [0, 0.05) is 17.7 Å². The van der Waals surface area contributed by atoms with Crippen molar-refractivity contribution in [3.63, 3.8) is 0 Å². The lowest BCUT2D eigenvalue weighted by molar-refractivity contribution is -0.576. The van der Waals surface area contributed by atoms with Gasteiger partial charge in [0.15, 0.2) is 12.4 Å². The van der Waals surface area contributed by atoms with Gasteiger partial charge in [-0.1, -0.05) is 36.4 Å². The zero-order chi connectivity index (χ0) is 23.1. The van der Waals surface area contributed by atoms with Gasteiger partial charge in [0.1, 0.15) is 5.57 Å². The Balaban J connectivity index is 1.75. The van der Waals surface area contributed by atoms with Gasteiger partial charge in [-0.15, -0.1) is 0 Å². The van der Waals surface area contributed by atoms with Crippen molar-refractivity contribution in [1.82, 2.24) is 9.78 Å². The van der Waals surface area contributed by atoms with Gasteiger partial charge in [-0.3, -0.25) is 9.59 Å². The maximum atomic E-state index is 13.7. The van der Waals surface area contributed by atoms with E-state index >= 15 is 0 Å². The smallest absolute Gasteiger partial charge is 0.331 e. The Morgan fingerprint density at radius 1 is 0.788 bits per heavy atom. The van der Waals surface area contributed by atoms with Crippen LogP contribution in [0.3, 0.4) is 0 Å². The summed E-state index contributed by atoms with van der Waals surface area (Å²) in [5.41, 5.74) is 2.69. The molecule has 162 valence electrons. The first kappa shape index (κ1) is 20.4. The molecule has 1 aliphatic rings. The first-order valence-corrected chi connectivity index (χ1v) is 10.5. The molecule has 0 saturated carbocycles. The number of imide groups is 1. The number of hydrogen-bond donors (Lipinski definition) is 0. The van der Waals surface area contributed by atoms with Gasteiger partial charge >= 0.3 is 5.91 Å². The Bertz CT molecular complexity index is 1410. The second-order valence-corrected chi connectivity index (χ2v) is 7.80. The van der Waals surface area contributed by atoms with E-state index in [2.05, 4.69) is 5.10 Å². The highest BCUT2D eigenvalue weighted by molar-refractivity contribution is 6.53. The zero-order valence-corrected chi connectivity index (χ0v) is 18.1. The molecule has 2 amide bonds. The third-order valence-corrected chi connectivity index (χ3v) is 5.60. The highest BCUT2D eigenvalue weighted by Crippen LogP contribution is 2.38. The van der Waals surface area contributed by atoms with Gasteiger partial charge in [0.05, 0.1) is 17.1 Å². The number of nitrogens with zero attached hydrogens (tertiary/aromatic N) is 4. The van der Waals surface area contributed by atoms with E-state index in [9.17, 15) is 14.7 Å². The van der Waals surface area contributed by atoms with Crippen molar-refractivity contribution in [2.45, 2.75) is 13.8 Å². The van der Waals surface area contributed by atoms with Crippen LogP contribution in [0.5, 0.6) is 5.88 Å². The van der Waals surface area contributed by atoms with Gasteiger partial charge in [0.25, 0.3) is 11.6 Å². The number of aryl methyl sites for hydroxylation is 2. The summed E-state index contributed by atoms with van der Waals surface area (Å²) >= 11 is 0. The lowest BCUT2D eigenvalue weighted by Gasteiger charge is -2.15. The van der Waals surface area contributed by atoms with Crippen molar-refractivity contribution in [1.29, 1.82) is 0 Å². The van der Waals surface area contributed by atoms with Crippen molar-refractivity contribution < 1.29 is 19.3 Å². The van der Waals surface area contributed by atoms with Gasteiger partial charge in [-0.25, -0.2) is 9.58 Å². The molecule has 0 N–H and O–H groups in total. The number of amides is 2. The van der Waals surface area contributed by atoms with E-state index in [1.54, 1.807) is 72.4 Å². The summed E-state index contributed by atoms with van der Waals surface area (Å²) in [6.07, 6.45) is 3.43. The predicted octanol–water partition coefficient (Wildman–Crippen LogP) is 2.79. The largest absolute Gasteiger partial charge is 0.858 e. The minimum Gasteiger partial charge on any atom is -0.858 e. The summed E-state index contributed by atoms with van der Waals surface area (Å²) in [5, 5.41) is 17.9. The number of aromatic nitrogens is 3. The fourth-order valence-electron chi connectivity index (χ4n) is 3.98. The number of pyridine rings is 1. The normalized spacial score (nSPS) is 13.8. The monoisotopic (exact) mass is 436 g/mol. The van der Waals surface area contributed by atoms with Crippen LogP contribution in [0, 0.1) is 13.8 Å². The molecule has 4 aromatic rings. The van der Waals surface area contributed by atoms with Gasteiger partial charge in [-0.2, -0.15) is 9.67 Å². The third-order valence-electron chi connectivity index (χ3n) is 5.60. The highest BCUT2D eigenvalue weighted by Gasteiger charge is 2.47. The summed E-state index contributed by atoms with van der Waals surface area (Å²) in [4.78, 5) is 28.4. The molecule has 0 radical (unpaired) electrons. The number of carbonyl (C=O) groups is 2. The maximum absolute atomic E-state index is 13.7. The number of carbonyl (C=O) groups excluding carboxylic acids is 2. The average Bonchev–Trinajstić information content (AvgIpc) is 3.26. The molecule has 1 aliphatic heterocycles. The molecule has 3 heterocycles. The Kier molecular flexibility index (Phi) is 4.86. The predicted molar refractivity (Wildman–Crippen MR) is 121 cm³/mol. The topological polar surface area (TPSA) is 82.1 Å².